The second kappa shape index (κ2) is 11.7. The van der Waals surface area contributed by atoms with E-state index in [4.69, 9.17) is 4.42 Å². The predicted octanol–water partition coefficient (Wildman–Crippen LogP) is 15.1. The van der Waals surface area contributed by atoms with Gasteiger partial charge in [0.15, 0.2) is 0 Å². The Kier molecular flexibility index (Phi) is 6.63. The van der Waals surface area contributed by atoms with Gasteiger partial charge in [0.2, 0.25) is 0 Å². The van der Waals surface area contributed by atoms with Gasteiger partial charge in [0, 0.05) is 68.1 Å². The van der Waals surface area contributed by atoms with Crippen molar-refractivity contribution in [1.29, 1.82) is 0 Å². The highest BCUT2D eigenvalue weighted by Gasteiger charge is 2.23. The minimum Gasteiger partial charge on any atom is -0.455 e. The van der Waals surface area contributed by atoms with Gasteiger partial charge in [-0.15, -0.1) is 22.7 Å². The Bertz CT molecular complexity index is 3130. The van der Waals surface area contributed by atoms with Crippen molar-refractivity contribution in [2.75, 3.05) is 4.90 Å². The zero-order valence-corrected chi connectivity index (χ0v) is 29.5. The zero-order chi connectivity index (χ0) is 34.2. The van der Waals surface area contributed by atoms with Gasteiger partial charge in [0.05, 0.1) is 5.69 Å². The second-order valence-electron chi connectivity index (χ2n) is 13.2. The summed E-state index contributed by atoms with van der Waals surface area (Å²) in [5.74, 6) is 0. The molecule has 11 aromatic rings. The molecule has 0 radical (unpaired) electrons. The molecule has 0 aliphatic carbocycles. The first-order valence-electron chi connectivity index (χ1n) is 17.5. The van der Waals surface area contributed by atoms with E-state index in [-0.39, 0.29) is 0 Å². The minimum atomic E-state index is 0.881. The van der Waals surface area contributed by atoms with Crippen LogP contribution in [0.25, 0.3) is 84.5 Å². The Morgan fingerprint density at radius 2 is 1.02 bits per heavy atom. The van der Waals surface area contributed by atoms with E-state index in [1.54, 1.807) is 0 Å². The summed E-state index contributed by atoms with van der Waals surface area (Å²) in [6, 6.07) is 63.6. The quantitative estimate of drug-likeness (QED) is 0.178. The molecule has 8 aromatic carbocycles. The fourth-order valence-electron chi connectivity index (χ4n) is 7.89. The van der Waals surface area contributed by atoms with Crippen LogP contribution in [-0.4, -0.2) is 0 Å². The molecule has 244 valence electrons. The molecule has 0 aliphatic heterocycles. The first-order chi connectivity index (χ1) is 25.8. The van der Waals surface area contributed by atoms with E-state index in [2.05, 4.69) is 181 Å². The third kappa shape index (κ3) is 4.55. The summed E-state index contributed by atoms with van der Waals surface area (Å²) in [6.45, 7) is 0. The molecular formula is C48H29NOS2. The summed E-state index contributed by atoms with van der Waals surface area (Å²) in [7, 11) is 0. The van der Waals surface area contributed by atoms with Gasteiger partial charge in [-0.2, -0.15) is 0 Å². The zero-order valence-electron chi connectivity index (χ0n) is 27.9. The van der Waals surface area contributed by atoms with Gasteiger partial charge in [-0.1, -0.05) is 121 Å². The summed E-state index contributed by atoms with van der Waals surface area (Å²) in [4.78, 5) is 2.46. The van der Waals surface area contributed by atoms with Crippen molar-refractivity contribution in [2.45, 2.75) is 0 Å². The van der Waals surface area contributed by atoms with Gasteiger partial charge in [0.1, 0.15) is 11.2 Å². The van der Waals surface area contributed by atoms with Crippen molar-refractivity contribution < 1.29 is 4.42 Å². The topological polar surface area (TPSA) is 16.4 Å². The number of benzene rings is 8. The van der Waals surface area contributed by atoms with Crippen LogP contribution in [0.2, 0.25) is 0 Å². The van der Waals surface area contributed by atoms with E-state index in [9.17, 15) is 0 Å². The molecule has 2 nitrogen and oxygen atoms in total. The highest BCUT2D eigenvalue weighted by Crippen LogP contribution is 2.50. The minimum absolute atomic E-state index is 0.881. The largest absolute Gasteiger partial charge is 0.455 e. The lowest BCUT2D eigenvalue weighted by molar-refractivity contribution is 0.670. The molecule has 0 N–H and O–H groups in total. The molecule has 0 saturated heterocycles. The molecule has 0 spiro atoms. The lowest BCUT2D eigenvalue weighted by atomic mass is 9.99. The number of furan rings is 1. The predicted molar refractivity (Wildman–Crippen MR) is 225 cm³/mol. The van der Waals surface area contributed by atoms with Gasteiger partial charge in [-0.05, 0) is 71.3 Å². The average Bonchev–Trinajstić information content (AvgIpc) is 3.90. The van der Waals surface area contributed by atoms with Gasteiger partial charge in [0.25, 0.3) is 0 Å². The standard InChI is InChI=1S/C48H29NOS2/c1-3-12-30(13-4-1)34-18-11-19-37-39-28-32(22-26-42(39)50-47(34)37)49(33-23-27-45-40(29-33)36-16-7-9-20-43(36)51-45)41-25-24-35(31-14-5-2-6-15-31)48-46(41)38-17-8-10-21-44(38)52-48/h1-29H. The molecule has 0 bridgehead atoms. The SMILES string of the molecule is c1ccc(-c2cccc3c2oc2ccc(N(c4ccc5sc6ccccc6c5c4)c4ccc(-c5ccccc5)c5sc6ccccc6c45)cc23)cc1. The molecule has 0 fully saturated rings. The van der Waals surface area contributed by atoms with Crippen molar-refractivity contribution >= 4 is 102 Å². The molecule has 0 atom stereocenters. The smallest absolute Gasteiger partial charge is 0.143 e. The molecule has 0 saturated carbocycles. The summed E-state index contributed by atoms with van der Waals surface area (Å²) in [5, 5.41) is 7.32. The Hall–Kier alpha value is -6.20. The summed E-state index contributed by atoms with van der Waals surface area (Å²) >= 11 is 3.73. The summed E-state index contributed by atoms with van der Waals surface area (Å²) in [6.07, 6.45) is 0. The highest BCUT2D eigenvalue weighted by atomic mass is 32.1. The number of hydrogen-bond acceptors (Lipinski definition) is 4. The fraction of sp³-hybridized carbons (Fsp3) is 0. The van der Waals surface area contributed by atoms with Gasteiger partial charge in [-0.3, -0.25) is 0 Å². The fourth-order valence-corrected chi connectivity index (χ4v) is 10.2. The molecule has 4 heteroatoms. The molecule has 3 aromatic heterocycles. The first-order valence-corrected chi connectivity index (χ1v) is 19.1. The number of hydrogen-bond donors (Lipinski definition) is 0. The molecule has 0 amide bonds. The lowest BCUT2D eigenvalue weighted by Gasteiger charge is -2.27. The Morgan fingerprint density at radius 3 is 1.81 bits per heavy atom. The number of nitrogens with zero attached hydrogens (tertiary/aromatic N) is 1. The molecule has 0 unspecified atom stereocenters. The van der Waals surface area contributed by atoms with Crippen LogP contribution in [0.1, 0.15) is 0 Å². The molecular weight excluding hydrogens is 671 g/mol. The van der Waals surface area contributed by atoms with Crippen LogP contribution in [0.5, 0.6) is 0 Å². The Morgan fingerprint density at radius 1 is 0.404 bits per heavy atom. The number of rotatable bonds is 5. The Balaban J connectivity index is 1.21. The van der Waals surface area contributed by atoms with Crippen molar-refractivity contribution in [3.63, 3.8) is 0 Å². The Labute approximate surface area is 308 Å². The highest BCUT2D eigenvalue weighted by molar-refractivity contribution is 7.26. The van der Waals surface area contributed by atoms with Crippen LogP contribution >= 0.6 is 22.7 Å². The summed E-state index contributed by atoms with van der Waals surface area (Å²) < 4.78 is 11.8. The first kappa shape index (κ1) is 29.5. The molecule has 0 aliphatic rings. The van der Waals surface area contributed by atoms with Crippen LogP contribution < -0.4 is 4.90 Å². The average molecular weight is 700 g/mol. The lowest BCUT2D eigenvalue weighted by Crippen LogP contribution is -2.10. The van der Waals surface area contributed by atoms with Crippen LogP contribution in [0.4, 0.5) is 17.1 Å². The number of anilines is 3. The van der Waals surface area contributed by atoms with E-state index in [1.807, 2.05) is 22.7 Å². The summed E-state index contributed by atoms with van der Waals surface area (Å²) in [5.41, 5.74) is 9.89. The number of thiophene rings is 2. The van der Waals surface area contributed by atoms with Crippen molar-refractivity contribution in [2.24, 2.45) is 0 Å². The van der Waals surface area contributed by atoms with E-state index in [1.165, 1.54) is 51.5 Å². The van der Waals surface area contributed by atoms with Crippen LogP contribution in [0, 0.1) is 0 Å². The number of fused-ring (bicyclic) bond motifs is 9. The molecule has 52 heavy (non-hydrogen) atoms. The van der Waals surface area contributed by atoms with Crippen molar-refractivity contribution in [1.82, 2.24) is 0 Å². The van der Waals surface area contributed by atoms with E-state index >= 15 is 0 Å². The van der Waals surface area contributed by atoms with Gasteiger partial charge >= 0.3 is 0 Å². The van der Waals surface area contributed by atoms with Gasteiger partial charge < -0.3 is 9.32 Å². The molecule has 3 heterocycles. The third-order valence-corrected chi connectivity index (χ3v) is 12.6. The maximum atomic E-state index is 6.64. The van der Waals surface area contributed by atoms with Crippen molar-refractivity contribution in [3.05, 3.63) is 176 Å². The molecule has 11 rings (SSSR count). The van der Waals surface area contributed by atoms with Crippen LogP contribution in [0.3, 0.4) is 0 Å². The van der Waals surface area contributed by atoms with Crippen molar-refractivity contribution in [3.8, 4) is 22.3 Å². The van der Waals surface area contributed by atoms with E-state index in [0.717, 1.165) is 50.1 Å². The van der Waals surface area contributed by atoms with E-state index in [0.29, 0.717) is 0 Å². The third-order valence-electron chi connectivity index (χ3n) is 10.3. The monoisotopic (exact) mass is 699 g/mol. The normalized spacial score (nSPS) is 11.8. The number of para-hydroxylation sites is 1. The van der Waals surface area contributed by atoms with Crippen LogP contribution in [0.15, 0.2) is 180 Å². The second-order valence-corrected chi connectivity index (χ2v) is 15.4. The van der Waals surface area contributed by atoms with E-state index < -0.39 is 0 Å². The maximum absolute atomic E-state index is 6.64. The van der Waals surface area contributed by atoms with Gasteiger partial charge in [-0.25, -0.2) is 0 Å². The van der Waals surface area contributed by atoms with Crippen LogP contribution in [-0.2, 0) is 0 Å². The maximum Gasteiger partial charge on any atom is 0.143 e.